The van der Waals surface area contributed by atoms with E-state index in [1.54, 1.807) is 0 Å². The second kappa shape index (κ2) is 6.49. The molecule has 0 radical (unpaired) electrons. The molecule has 0 unspecified atom stereocenters. The predicted molar refractivity (Wildman–Crippen MR) is 87.4 cm³/mol. The first-order valence-electron chi connectivity index (χ1n) is 8.32. The lowest BCUT2D eigenvalue weighted by molar-refractivity contribution is -0.131. The number of nitrogens with one attached hydrogen (secondary N) is 1. The van der Waals surface area contributed by atoms with Crippen LogP contribution >= 0.6 is 11.3 Å². The highest BCUT2D eigenvalue weighted by atomic mass is 32.1. The third kappa shape index (κ3) is 3.16. The maximum absolute atomic E-state index is 12.7. The molecule has 0 aromatic carbocycles. The first-order chi connectivity index (χ1) is 10.2. The summed E-state index contributed by atoms with van der Waals surface area (Å²) >= 11 is 1.88. The number of carbonyl (C=O) groups excluding carboxylic acids is 1. The van der Waals surface area contributed by atoms with Gasteiger partial charge in [0.1, 0.15) is 0 Å². The van der Waals surface area contributed by atoms with Gasteiger partial charge in [0, 0.05) is 16.3 Å². The summed E-state index contributed by atoms with van der Waals surface area (Å²) in [5, 5.41) is 3.17. The summed E-state index contributed by atoms with van der Waals surface area (Å²) in [7, 11) is 0. The Morgan fingerprint density at radius 3 is 2.62 bits per heavy atom. The summed E-state index contributed by atoms with van der Waals surface area (Å²) < 4.78 is 0. The van der Waals surface area contributed by atoms with E-state index in [-0.39, 0.29) is 11.3 Å². The molecule has 1 saturated carbocycles. The van der Waals surface area contributed by atoms with Crippen LogP contribution < -0.4 is 11.1 Å². The van der Waals surface area contributed by atoms with Gasteiger partial charge in [-0.25, -0.2) is 0 Å². The van der Waals surface area contributed by atoms with Gasteiger partial charge in [0.15, 0.2) is 0 Å². The van der Waals surface area contributed by atoms with Gasteiger partial charge >= 0.3 is 0 Å². The summed E-state index contributed by atoms with van der Waals surface area (Å²) in [6.07, 6.45) is 10.4. The molecule has 3 rings (SSSR count). The quantitative estimate of drug-likeness (QED) is 0.840. The lowest BCUT2D eigenvalue weighted by atomic mass is 9.79. The molecule has 4 heteroatoms. The zero-order chi connectivity index (χ0) is 14.7. The first-order valence-corrected chi connectivity index (χ1v) is 9.14. The highest BCUT2D eigenvalue weighted by Crippen LogP contribution is 2.35. The second-order valence-corrected chi connectivity index (χ2v) is 7.82. The van der Waals surface area contributed by atoms with Gasteiger partial charge in [-0.3, -0.25) is 4.79 Å². The standard InChI is InChI=1S/C17H26N2OS/c18-12-17(8-3-1-2-4-9-17)16(20)19-11-14-10-13-6-5-7-15(13)21-14/h10H,1-9,11-12,18H2,(H,19,20). The number of rotatable bonds is 4. The van der Waals surface area contributed by atoms with Gasteiger partial charge < -0.3 is 11.1 Å². The molecule has 0 spiro atoms. The van der Waals surface area contributed by atoms with Crippen LogP contribution in [-0.4, -0.2) is 12.5 Å². The van der Waals surface area contributed by atoms with Crippen LogP contribution in [0.15, 0.2) is 6.07 Å². The van der Waals surface area contributed by atoms with Crippen molar-refractivity contribution in [1.82, 2.24) is 5.32 Å². The average Bonchev–Trinajstić information content (AvgIpc) is 2.98. The maximum atomic E-state index is 12.7. The van der Waals surface area contributed by atoms with E-state index in [1.165, 1.54) is 47.4 Å². The third-order valence-electron chi connectivity index (χ3n) is 5.15. The first kappa shape index (κ1) is 15.0. The van der Waals surface area contributed by atoms with Crippen LogP contribution in [0.4, 0.5) is 0 Å². The molecular weight excluding hydrogens is 280 g/mol. The molecule has 116 valence electrons. The van der Waals surface area contributed by atoms with Crippen LogP contribution in [0, 0.1) is 5.41 Å². The Kier molecular flexibility index (Phi) is 4.65. The summed E-state index contributed by atoms with van der Waals surface area (Å²) in [6.45, 7) is 1.16. The number of thiophene rings is 1. The molecule has 0 bridgehead atoms. The Balaban J connectivity index is 1.61. The van der Waals surface area contributed by atoms with Gasteiger partial charge in [-0.05, 0) is 43.7 Å². The molecule has 0 saturated heterocycles. The van der Waals surface area contributed by atoms with Crippen molar-refractivity contribution in [2.45, 2.75) is 64.3 Å². The molecule has 2 aliphatic carbocycles. The summed E-state index contributed by atoms with van der Waals surface area (Å²) in [5.74, 6) is 0.181. The van der Waals surface area contributed by atoms with Gasteiger partial charge in [-0.1, -0.05) is 25.7 Å². The minimum atomic E-state index is -0.309. The van der Waals surface area contributed by atoms with E-state index in [4.69, 9.17) is 5.73 Å². The van der Waals surface area contributed by atoms with E-state index in [0.717, 1.165) is 25.7 Å². The molecular formula is C17H26N2OS. The van der Waals surface area contributed by atoms with Crippen LogP contribution in [0.2, 0.25) is 0 Å². The fourth-order valence-electron chi connectivity index (χ4n) is 3.76. The summed E-state index contributed by atoms with van der Waals surface area (Å²) in [5.41, 5.74) is 7.18. The van der Waals surface area contributed by atoms with E-state index >= 15 is 0 Å². The fourth-order valence-corrected chi connectivity index (χ4v) is 4.96. The van der Waals surface area contributed by atoms with Gasteiger partial charge in [0.05, 0.1) is 12.0 Å². The number of hydrogen-bond acceptors (Lipinski definition) is 3. The topological polar surface area (TPSA) is 55.1 Å². The van der Waals surface area contributed by atoms with Gasteiger partial charge in [0.25, 0.3) is 0 Å². The van der Waals surface area contributed by atoms with Gasteiger partial charge in [-0.2, -0.15) is 0 Å². The number of hydrogen-bond donors (Lipinski definition) is 2. The van der Waals surface area contributed by atoms with Gasteiger partial charge in [0.2, 0.25) is 5.91 Å². The monoisotopic (exact) mass is 306 g/mol. The molecule has 1 aromatic heterocycles. The van der Waals surface area contributed by atoms with Crippen LogP contribution in [-0.2, 0) is 24.2 Å². The minimum Gasteiger partial charge on any atom is -0.351 e. The summed E-state index contributed by atoms with van der Waals surface area (Å²) in [4.78, 5) is 15.5. The van der Waals surface area contributed by atoms with Crippen molar-refractivity contribution in [3.63, 3.8) is 0 Å². The summed E-state index contributed by atoms with van der Waals surface area (Å²) in [6, 6.07) is 2.29. The zero-order valence-electron chi connectivity index (χ0n) is 12.7. The number of fused-ring (bicyclic) bond motifs is 1. The van der Waals surface area contributed by atoms with Crippen molar-refractivity contribution < 1.29 is 4.79 Å². The molecule has 3 nitrogen and oxygen atoms in total. The number of carbonyl (C=O) groups is 1. The molecule has 3 N–H and O–H groups in total. The average molecular weight is 306 g/mol. The van der Waals surface area contributed by atoms with Crippen LogP contribution in [0.25, 0.3) is 0 Å². The molecule has 1 amide bonds. The van der Waals surface area contributed by atoms with E-state index in [0.29, 0.717) is 13.1 Å². The van der Waals surface area contributed by atoms with Crippen LogP contribution in [0.5, 0.6) is 0 Å². The number of aryl methyl sites for hydroxylation is 2. The van der Waals surface area contributed by atoms with Crippen molar-refractivity contribution in [1.29, 1.82) is 0 Å². The molecule has 1 aromatic rings. The normalized spacial score (nSPS) is 20.8. The lowest BCUT2D eigenvalue weighted by Gasteiger charge is -2.29. The Morgan fingerprint density at radius 1 is 1.19 bits per heavy atom. The van der Waals surface area contributed by atoms with Crippen molar-refractivity contribution in [2.24, 2.45) is 11.1 Å². The van der Waals surface area contributed by atoms with Crippen molar-refractivity contribution in [3.8, 4) is 0 Å². The Bertz CT molecular complexity index is 479. The second-order valence-electron chi connectivity index (χ2n) is 6.60. The zero-order valence-corrected chi connectivity index (χ0v) is 13.6. The largest absolute Gasteiger partial charge is 0.351 e. The number of amides is 1. The highest BCUT2D eigenvalue weighted by Gasteiger charge is 2.37. The molecule has 1 fully saturated rings. The molecule has 0 aliphatic heterocycles. The highest BCUT2D eigenvalue weighted by molar-refractivity contribution is 7.12. The minimum absolute atomic E-state index is 0.181. The van der Waals surface area contributed by atoms with E-state index < -0.39 is 0 Å². The van der Waals surface area contributed by atoms with Crippen molar-refractivity contribution >= 4 is 17.2 Å². The molecule has 1 heterocycles. The smallest absolute Gasteiger partial charge is 0.227 e. The Hall–Kier alpha value is -0.870. The van der Waals surface area contributed by atoms with E-state index in [2.05, 4.69) is 11.4 Å². The molecule has 21 heavy (non-hydrogen) atoms. The van der Waals surface area contributed by atoms with E-state index in [9.17, 15) is 4.79 Å². The third-order valence-corrected chi connectivity index (χ3v) is 6.39. The fraction of sp³-hybridized carbons (Fsp3) is 0.706. The number of nitrogens with two attached hydrogens (primary N) is 1. The van der Waals surface area contributed by atoms with Crippen LogP contribution in [0.3, 0.4) is 0 Å². The lowest BCUT2D eigenvalue weighted by Crippen LogP contribution is -2.45. The van der Waals surface area contributed by atoms with Crippen molar-refractivity contribution in [2.75, 3.05) is 6.54 Å². The Labute approximate surface area is 131 Å². The van der Waals surface area contributed by atoms with Crippen molar-refractivity contribution in [3.05, 3.63) is 21.4 Å². The molecule has 2 aliphatic rings. The molecule has 0 atom stereocenters. The SMILES string of the molecule is NCC1(C(=O)NCc2cc3c(s2)CCC3)CCCCCC1. The van der Waals surface area contributed by atoms with E-state index in [1.807, 2.05) is 11.3 Å². The maximum Gasteiger partial charge on any atom is 0.227 e. The predicted octanol–water partition coefficient (Wildman–Crippen LogP) is 3.15. The van der Waals surface area contributed by atoms with Crippen LogP contribution in [0.1, 0.15) is 60.3 Å². The van der Waals surface area contributed by atoms with Gasteiger partial charge in [-0.15, -0.1) is 11.3 Å². The Morgan fingerprint density at radius 2 is 1.95 bits per heavy atom.